The Hall–Kier alpha value is -3.60. The van der Waals surface area contributed by atoms with E-state index in [9.17, 15) is 9.59 Å². The first-order valence-corrected chi connectivity index (χ1v) is 9.91. The number of benzene rings is 3. The molecule has 1 N–H and O–H groups in total. The minimum absolute atomic E-state index is 0.0518. The van der Waals surface area contributed by atoms with Crippen molar-refractivity contribution in [2.45, 2.75) is 19.9 Å². The summed E-state index contributed by atoms with van der Waals surface area (Å²) in [6, 6.07) is 23.4. The highest BCUT2D eigenvalue weighted by Crippen LogP contribution is 2.18. The topological polar surface area (TPSA) is 64.6 Å². The van der Waals surface area contributed by atoms with Gasteiger partial charge in [0.15, 0.2) is 12.4 Å². The van der Waals surface area contributed by atoms with Crippen LogP contribution >= 0.6 is 0 Å². The van der Waals surface area contributed by atoms with Crippen LogP contribution in [0.1, 0.15) is 41.4 Å². The lowest BCUT2D eigenvalue weighted by molar-refractivity contribution is -0.123. The number of amides is 1. The van der Waals surface area contributed by atoms with Crippen molar-refractivity contribution in [2.75, 3.05) is 13.2 Å². The molecule has 0 spiro atoms. The minimum atomic E-state index is -0.221. The molecule has 3 aromatic carbocycles. The third kappa shape index (κ3) is 5.70. The molecule has 5 heteroatoms. The summed E-state index contributed by atoms with van der Waals surface area (Å²) in [5.74, 6) is 1.06. The Balaban J connectivity index is 1.50. The zero-order chi connectivity index (χ0) is 21.3. The van der Waals surface area contributed by atoms with Crippen molar-refractivity contribution in [3.63, 3.8) is 0 Å². The number of hydrogen-bond donors (Lipinski definition) is 1. The molecule has 0 saturated carbocycles. The van der Waals surface area contributed by atoms with Gasteiger partial charge in [-0.25, -0.2) is 0 Å². The summed E-state index contributed by atoms with van der Waals surface area (Å²) in [7, 11) is 0. The first-order valence-electron chi connectivity index (χ1n) is 9.91. The summed E-state index contributed by atoms with van der Waals surface area (Å²) in [4.78, 5) is 24.6. The normalized spacial score (nSPS) is 11.4. The Labute approximate surface area is 176 Å². The number of hydrogen-bond acceptors (Lipinski definition) is 4. The number of carbonyl (C=O) groups is 2. The Morgan fingerprint density at radius 3 is 2.00 bits per heavy atom. The van der Waals surface area contributed by atoms with Crippen molar-refractivity contribution in [3.8, 4) is 11.5 Å². The van der Waals surface area contributed by atoms with Gasteiger partial charge in [-0.3, -0.25) is 9.59 Å². The Morgan fingerprint density at radius 2 is 1.37 bits per heavy atom. The highest BCUT2D eigenvalue weighted by molar-refractivity contribution is 6.08. The molecule has 0 aliphatic carbocycles. The molecule has 0 radical (unpaired) electrons. The molecule has 0 aliphatic rings. The zero-order valence-electron chi connectivity index (χ0n) is 17.1. The lowest BCUT2D eigenvalue weighted by atomic mass is 10.0. The number of nitrogens with one attached hydrogen (secondary N) is 1. The van der Waals surface area contributed by atoms with E-state index in [-0.39, 0.29) is 24.3 Å². The molecule has 0 saturated heterocycles. The maximum atomic E-state index is 12.4. The SMILES string of the molecule is CCOc1ccc([C@@H](C)NC(=O)COc2ccc(C(=O)c3ccccc3)cc2)cc1. The molecule has 0 aliphatic heterocycles. The van der Waals surface area contributed by atoms with E-state index >= 15 is 0 Å². The van der Waals surface area contributed by atoms with Gasteiger partial charge in [-0.1, -0.05) is 42.5 Å². The fourth-order valence-electron chi connectivity index (χ4n) is 2.99. The summed E-state index contributed by atoms with van der Waals surface area (Å²) in [6.07, 6.45) is 0. The van der Waals surface area contributed by atoms with Gasteiger partial charge in [-0.2, -0.15) is 0 Å². The lowest BCUT2D eigenvalue weighted by Gasteiger charge is -2.15. The van der Waals surface area contributed by atoms with Crippen LogP contribution in [0, 0.1) is 0 Å². The van der Waals surface area contributed by atoms with Crippen LogP contribution in [0.15, 0.2) is 78.9 Å². The lowest BCUT2D eigenvalue weighted by Crippen LogP contribution is -2.31. The Morgan fingerprint density at radius 1 is 0.800 bits per heavy atom. The van der Waals surface area contributed by atoms with Gasteiger partial charge in [0.05, 0.1) is 12.6 Å². The van der Waals surface area contributed by atoms with E-state index in [2.05, 4.69) is 5.32 Å². The van der Waals surface area contributed by atoms with Crippen LogP contribution in [0.25, 0.3) is 0 Å². The third-order valence-corrected chi connectivity index (χ3v) is 4.59. The molecule has 0 fully saturated rings. The van der Waals surface area contributed by atoms with E-state index in [1.165, 1.54) is 0 Å². The number of ketones is 1. The van der Waals surface area contributed by atoms with E-state index in [1.807, 2.05) is 56.3 Å². The molecular formula is C25H25NO4. The van der Waals surface area contributed by atoms with Gasteiger partial charge in [-0.05, 0) is 55.8 Å². The average Bonchev–Trinajstić information content (AvgIpc) is 2.79. The minimum Gasteiger partial charge on any atom is -0.494 e. The van der Waals surface area contributed by atoms with Gasteiger partial charge < -0.3 is 14.8 Å². The first kappa shape index (κ1) is 21.1. The number of rotatable bonds is 9. The summed E-state index contributed by atoms with van der Waals surface area (Å²) in [5, 5.41) is 2.91. The quantitative estimate of drug-likeness (QED) is 0.532. The van der Waals surface area contributed by atoms with Gasteiger partial charge in [0.25, 0.3) is 5.91 Å². The van der Waals surface area contributed by atoms with Crippen molar-refractivity contribution in [1.82, 2.24) is 5.32 Å². The second kappa shape index (κ2) is 10.3. The van der Waals surface area contributed by atoms with Crippen molar-refractivity contribution < 1.29 is 19.1 Å². The molecule has 5 nitrogen and oxygen atoms in total. The maximum absolute atomic E-state index is 12.4. The van der Waals surface area contributed by atoms with Crippen molar-refractivity contribution in [2.24, 2.45) is 0 Å². The van der Waals surface area contributed by atoms with Crippen LogP contribution < -0.4 is 14.8 Å². The molecule has 0 aromatic heterocycles. The monoisotopic (exact) mass is 403 g/mol. The highest BCUT2D eigenvalue weighted by Gasteiger charge is 2.12. The van der Waals surface area contributed by atoms with E-state index in [0.29, 0.717) is 23.5 Å². The predicted molar refractivity (Wildman–Crippen MR) is 116 cm³/mol. The van der Waals surface area contributed by atoms with Crippen LogP contribution in [0.5, 0.6) is 11.5 Å². The van der Waals surface area contributed by atoms with Crippen molar-refractivity contribution >= 4 is 11.7 Å². The zero-order valence-corrected chi connectivity index (χ0v) is 17.1. The summed E-state index contributed by atoms with van der Waals surface area (Å²) >= 11 is 0. The van der Waals surface area contributed by atoms with E-state index in [1.54, 1.807) is 36.4 Å². The van der Waals surface area contributed by atoms with Gasteiger partial charge in [0.2, 0.25) is 0 Å². The Kier molecular flexibility index (Phi) is 7.22. The number of ether oxygens (including phenoxy) is 2. The first-order chi connectivity index (χ1) is 14.6. The van der Waals surface area contributed by atoms with E-state index in [0.717, 1.165) is 11.3 Å². The van der Waals surface area contributed by atoms with Crippen molar-refractivity contribution in [3.05, 3.63) is 95.6 Å². The summed E-state index contributed by atoms with van der Waals surface area (Å²) < 4.78 is 11.0. The van der Waals surface area contributed by atoms with Crippen LogP contribution in [0.4, 0.5) is 0 Å². The average molecular weight is 403 g/mol. The molecular weight excluding hydrogens is 378 g/mol. The predicted octanol–water partition coefficient (Wildman–Crippen LogP) is 4.57. The van der Waals surface area contributed by atoms with E-state index in [4.69, 9.17) is 9.47 Å². The van der Waals surface area contributed by atoms with E-state index < -0.39 is 0 Å². The van der Waals surface area contributed by atoms with Crippen LogP contribution in [0.2, 0.25) is 0 Å². The second-order valence-corrected chi connectivity index (χ2v) is 6.80. The fourth-order valence-corrected chi connectivity index (χ4v) is 2.99. The van der Waals surface area contributed by atoms with Crippen LogP contribution in [-0.4, -0.2) is 24.9 Å². The van der Waals surface area contributed by atoms with Gasteiger partial charge >= 0.3 is 0 Å². The molecule has 0 heterocycles. The molecule has 0 unspecified atom stereocenters. The molecule has 1 amide bonds. The third-order valence-electron chi connectivity index (χ3n) is 4.59. The molecule has 3 aromatic rings. The Bertz CT molecular complexity index is 966. The summed E-state index contributed by atoms with van der Waals surface area (Å²) in [6.45, 7) is 4.36. The van der Waals surface area contributed by atoms with Crippen LogP contribution in [0.3, 0.4) is 0 Å². The molecule has 0 bridgehead atoms. The van der Waals surface area contributed by atoms with Gasteiger partial charge in [0, 0.05) is 11.1 Å². The molecule has 154 valence electrons. The largest absolute Gasteiger partial charge is 0.494 e. The van der Waals surface area contributed by atoms with Crippen molar-refractivity contribution in [1.29, 1.82) is 0 Å². The van der Waals surface area contributed by atoms with Gasteiger partial charge in [-0.15, -0.1) is 0 Å². The molecule has 30 heavy (non-hydrogen) atoms. The fraction of sp³-hybridized carbons (Fsp3) is 0.200. The summed E-state index contributed by atoms with van der Waals surface area (Å²) in [5.41, 5.74) is 2.19. The number of carbonyl (C=O) groups excluding carboxylic acids is 2. The van der Waals surface area contributed by atoms with Gasteiger partial charge in [0.1, 0.15) is 11.5 Å². The van der Waals surface area contributed by atoms with Crippen LogP contribution in [-0.2, 0) is 4.79 Å². The molecule has 1 atom stereocenters. The highest BCUT2D eigenvalue weighted by atomic mass is 16.5. The molecule has 3 rings (SSSR count). The second-order valence-electron chi connectivity index (χ2n) is 6.80. The standard InChI is InChI=1S/C25H25NO4/c1-3-29-22-13-9-19(10-14-22)18(2)26-24(27)17-30-23-15-11-21(12-16-23)25(28)20-7-5-4-6-8-20/h4-16,18H,3,17H2,1-2H3,(H,26,27)/t18-/m1/s1. The smallest absolute Gasteiger partial charge is 0.258 e. The maximum Gasteiger partial charge on any atom is 0.258 e.